The third-order valence-electron chi connectivity index (χ3n) is 5.04. The summed E-state index contributed by atoms with van der Waals surface area (Å²) in [4.78, 5) is 11.3. The van der Waals surface area contributed by atoms with Gasteiger partial charge in [0.2, 0.25) is 0 Å². The highest BCUT2D eigenvalue weighted by molar-refractivity contribution is 5.79. The van der Waals surface area contributed by atoms with E-state index in [0.29, 0.717) is 12.6 Å². The van der Waals surface area contributed by atoms with Crippen LogP contribution < -0.4 is 10.6 Å². The van der Waals surface area contributed by atoms with Gasteiger partial charge in [0, 0.05) is 38.9 Å². The van der Waals surface area contributed by atoms with Crippen LogP contribution in [0.4, 0.5) is 0 Å². The lowest BCUT2D eigenvalue weighted by atomic mass is 9.98. The van der Waals surface area contributed by atoms with Gasteiger partial charge in [0.25, 0.3) is 0 Å². The Morgan fingerprint density at radius 1 is 1.15 bits per heavy atom. The van der Waals surface area contributed by atoms with Gasteiger partial charge in [0.1, 0.15) is 0 Å². The summed E-state index contributed by atoms with van der Waals surface area (Å²) in [5.41, 5.74) is 3.98. The minimum absolute atomic E-state index is 0.497. The van der Waals surface area contributed by atoms with E-state index >= 15 is 0 Å². The zero-order valence-electron chi connectivity index (χ0n) is 15.8. The summed E-state index contributed by atoms with van der Waals surface area (Å²) in [6.07, 6.45) is 4.07. The van der Waals surface area contributed by atoms with Gasteiger partial charge in [-0.3, -0.25) is 14.9 Å². The van der Waals surface area contributed by atoms with Gasteiger partial charge in [-0.15, -0.1) is 0 Å². The van der Waals surface area contributed by atoms with Crippen molar-refractivity contribution in [2.45, 2.75) is 38.9 Å². The third-order valence-corrected chi connectivity index (χ3v) is 5.04. The van der Waals surface area contributed by atoms with E-state index < -0.39 is 0 Å². The van der Waals surface area contributed by atoms with E-state index in [0.717, 1.165) is 44.1 Å². The second-order valence-electron chi connectivity index (χ2n) is 6.68. The number of benzene rings is 1. The van der Waals surface area contributed by atoms with Crippen LogP contribution >= 0.6 is 0 Å². The average molecular weight is 351 g/mol. The smallest absolute Gasteiger partial charge is 0.191 e. The van der Waals surface area contributed by atoms with Crippen molar-refractivity contribution in [2.75, 3.05) is 20.1 Å². The van der Waals surface area contributed by atoms with Crippen LogP contribution in [-0.2, 0) is 19.5 Å². The Balaban J connectivity index is 1.51. The predicted octanol–water partition coefficient (Wildman–Crippen LogP) is 2.58. The number of nitrogens with zero attached hydrogens (tertiary/aromatic N) is 3. The Labute approximate surface area is 156 Å². The number of hydrogen-bond donors (Lipinski definition) is 2. The Morgan fingerprint density at radius 3 is 2.69 bits per heavy atom. The Bertz CT molecular complexity index is 713. The first-order chi connectivity index (χ1) is 12.8. The molecular weight excluding hydrogens is 322 g/mol. The van der Waals surface area contributed by atoms with Gasteiger partial charge in [-0.25, -0.2) is 0 Å². The number of guanidine groups is 1. The number of aliphatic imine (C=N–C) groups is 1. The van der Waals surface area contributed by atoms with Crippen LogP contribution in [0.25, 0.3) is 0 Å². The molecule has 0 aliphatic carbocycles. The molecule has 0 amide bonds. The van der Waals surface area contributed by atoms with Gasteiger partial charge in [0.15, 0.2) is 5.96 Å². The number of nitrogens with one attached hydrogen (secondary N) is 2. The van der Waals surface area contributed by atoms with E-state index in [2.05, 4.69) is 56.7 Å². The molecule has 0 spiro atoms. The Hall–Kier alpha value is -2.40. The zero-order chi connectivity index (χ0) is 18.2. The highest BCUT2D eigenvalue weighted by Crippen LogP contribution is 2.21. The Morgan fingerprint density at radius 2 is 1.96 bits per heavy atom. The summed E-state index contributed by atoms with van der Waals surface area (Å²) >= 11 is 0. The summed E-state index contributed by atoms with van der Waals surface area (Å²) in [6, 6.07) is 15.2. The number of rotatable bonds is 6. The highest BCUT2D eigenvalue weighted by atomic mass is 15.2. The first-order valence-electron chi connectivity index (χ1n) is 9.45. The van der Waals surface area contributed by atoms with Crippen LogP contribution in [0.15, 0.2) is 53.7 Å². The number of pyridine rings is 1. The summed E-state index contributed by atoms with van der Waals surface area (Å²) in [7, 11) is 1.81. The summed E-state index contributed by atoms with van der Waals surface area (Å²) < 4.78 is 0. The molecule has 138 valence electrons. The molecule has 0 bridgehead atoms. The fourth-order valence-electron chi connectivity index (χ4n) is 3.47. The van der Waals surface area contributed by atoms with Crippen LogP contribution in [0.5, 0.6) is 0 Å². The topological polar surface area (TPSA) is 52.6 Å². The van der Waals surface area contributed by atoms with E-state index in [1.807, 2.05) is 31.4 Å². The Kier molecular flexibility index (Phi) is 6.61. The van der Waals surface area contributed by atoms with Crippen molar-refractivity contribution in [1.29, 1.82) is 0 Å². The van der Waals surface area contributed by atoms with Gasteiger partial charge < -0.3 is 10.6 Å². The number of aromatic nitrogens is 1. The molecule has 1 aromatic carbocycles. The highest BCUT2D eigenvalue weighted by Gasteiger charge is 2.22. The van der Waals surface area contributed by atoms with E-state index in [9.17, 15) is 0 Å². The molecule has 3 rings (SSSR count). The molecule has 2 heterocycles. The summed E-state index contributed by atoms with van der Waals surface area (Å²) in [5, 5.41) is 6.82. The fraction of sp³-hybridized carbons (Fsp3) is 0.429. The molecule has 0 saturated carbocycles. The van der Waals surface area contributed by atoms with Gasteiger partial charge in [-0.1, -0.05) is 37.3 Å². The molecule has 1 unspecified atom stereocenters. The molecule has 0 fully saturated rings. The standard InChI is InChI=1S/C21H29N5/c1-3-20(26-13-11-17-8-4-5-9-18(17)16-26)15-25-21(22-2)24-14-19-10-6-7-12-23-19/h4-10,12,20H,3,11,13-16H2,1-2H3,(H2,22,24,25). The number of hydrogen-bond acceptors (Lipinski definition) is 3. The average Bonchev–Trinajstić information content (AvgIpc) is 2.71. The molecule has 1 aliphatic rings. The quantitative estimate of drug-likeness (QED) is 0.620. The first kappa shape index (κ1) is 18.4. The van der Waals surface area contributed by atoms with Gasteiger partial charge >= 0.3 is 0 Å². The number of fused-ring (bicyclic) bond motifs is 1. The van der Waals surface area contributed by atoms with E-state index in [4.69, 9.17) is 0 Å². The van der Waals surface area contributed by atoms with Crippen molar-refractivity contribution in [3.8, 4) is 0 Å². The largest absolute Gasteiger partial charge is 0.355 e. The summed E-state index contributed by atoms with van der Waals surface area (Å²) in [5.74, 6) is 0.825. The third kappa shape index (κ3) is 4.82. The predicted molar refractivity (Wildman–Crippen MR) is 107 cm³/mol. The second-order valence-corrected chi connectivity index (χ2v) is 6.68. The van der Waals surface area contributed by atoms with Crippen molar-refractivity contribution in [2.24, 2.45) is 4.99 Å². The lowest BCUT2D eigenvalue weighted by Crippen LogP contribution is -2.48. The van der Waals surface area contributed by atoms with E-state index in [1.165, 1.54) is 11.1 Å². The monoisotopic (exact) mass is 351 g/mol. The molecule has 1 atom stereocenters. The van der Waals surface area contributed by atoms with Gasteiger partial charge in [-0.2, -0.15) is 0 Å². The maximum absolute atomic E-state index is 4.34. The molecule has 1 aliphatic heterocycles. The molecule has 0 saturated heterocycles. The maximum atomic E-state index is 4.34. The molecule has 2 aromatic rings. The van der Waals surface area contributed by atoms with Crippen molar-refractivity contribution in [3.63, 3.8) is 0 Å². The molecule has 26 heavy (non-hydrogen) atoms. The van der Waals surface area contributed by atoms with Crippen molar-refractivity contribution < 1.29 is 0 Å². The SMILES string of the molecule is CCC(CNC(=NC)NCc1ccccn1)N1CCc2ccccc2C1. The zero-order valence-corrected chi connectivity index (χ0v) is 15.8. The molecule has 2 N–H and O–H groups in total. The van der Waals surface area contributed by atoms with Crippen LogP contribution in [0.2, 0.25) is 0 Å². The molecule has 0 radical (unpaired) electrons. The lowest BCUT2D eigenvalue weighted by molar-refractivity contribution is 0.174. The van der Waals surface area contributed by atoms with Crippen LogP contribution in [0.3, 0.4) is 0 Å². The molecule has 5 nitrogen and oxygen atoms in total. The van der Waals surface area contributed by atoms with Crippen molar-refractivity contribution in [1.82, 2.24) is 20.5 Å². The minimum Gasteiger partial charge on any atom is -0.355 e. The maximum Gasteiger partial charge on any atom is 0.191 e. The first-order valence-corrected chi connectivity index (χ1v) is 9.45. The normalized spacial score (nSPS) is 16.0. The van der Waals surface area contributed by atoms with Crippen LogP contribution in [0, 0.1) is 0 Å². The lowest BCUT2D eigenvalue weighted by Gasteiger charge is -2.35. The summed E-state index contributed by atoms with van der Waals surface area (Å²) in [6.45, 7) is 5.99. The second kappa shape index (κ2) is 9.34. The van der Waals surface area contributed by atoms with Crippen molar-refractivity contribution >= 4 is 5.96 Å². The van der Waals surface area contributed by atoms with Crippen molar-refractivity contribution in [3.05, 3.63) is 65.5 Å². The minimum atomic E-state index is 0.497. The van der Waals surface area contributed by atoms with E-state index in [-0.39, 0.29) is 0 Å². The fourth-order valence-corrected chi connectivity index (χ4v) is 3.47. The van der Waals surface area contributed by atoms with E-state index in [1.54, 1.807) is 0 Å². The molecule has 5 heteroatoms. The molecular formula is C21H29N5. The van der Waals surface area contributed by atoms with Gasteiger partial charge in [-0.05, 0) is 36.1 Å². The van der Waals surface area contributed by atoms with Gasteiger partial charge in [0.05, 0.1) is 12.2 Å². The molecule has 1 aromatic heterocycles. The van der Waals surface area contributed by atoms with Crippen LogP contribution in [-0.4, -0.2) is 42.0 Å². The van der Waals surface area contributed by atoms with Crippen LogP contribution in [0.1, 0.15) is 30.2 Å².